The molecule has 24 heavy (non-hydrogen) atoms. The number of nitro benzene ring substituents is 1. The number of nitrogens with zero attached hydrogens (tertiary/aromatic N) is 2. The van der Waals surface area contributed by atoms with Crippen molar-refractivity contribution < 1.29 is 9.72 Å². The molecule has 0 unspecified atom stereocenters. The third kappa shape index (κ3) is 3.36. The lowest BCUT2D eigenvalue weighted by atomic mass is 10.1. The molecule has 1 saturated heterocycles. The molecule has 1 aliphatic heterocycles. The number of thioether (sulfide) groups is 1. The van der Waals surface area contributed by atoms with Gasteiger partial charge in [-0.05, 0) is 42.5 Å². The van der Waals surface area contributed by atoms with Gasteiger partial charge in [-0.15, -0.1) is 0 Å². The summed E-state index contributed by atoms with van der Waals surface area (Å²) in [5.41, 5.74) is 2.11. The Hall–Kier alpha value is -2.93. The van der Waals surface area contributed by atoms with Crippen LogP contribution in [0.2, 0.25) is 0 Å². The van der Waals surface area contributed by atoms with Crippen LogP contribution in [0.3, 0.4) is 0 Å². The van der Waals surface area contributed by atoms with Crippen LogP contribution in [-0.2, 0) is 4.79 Å². The molecule has 0 aliphatic carbocycles. The smallest absolute Gasteiger partial charge is 0.276 e. The van der Waals surface area contributed by atoms with Crippen LogP contribution >= 0.6 is 11.8 Å². The molecular weight excluding hydrogens is 326 g/mol. The maximum absolute atomic E-state index is 12.1. The number of aliphatic imine (C=N–C) groups is 1. The van der Waals surface area contributed by atoms with Gasteiger partial charge in [0.15, 0.2) is 5.17 Å². The predicted octanol–water partition coefficient (Wildman–Crippen LogP) is 3.79. The SMILES string of the molecule is Cc1ccccc1N=C1NC(=O)/C(=C/c2ccccc2[N+](=O)[O-])S1. The van der Waals surface area contributed by atoms with Gasteiger partial charge >= 0.3 is 0 Å². The van der Waals surface area contributed by atoms with Crippen molar-refractivity contribution in [1.29, 1.82) is 0 Å². The number of benzene rings is 2. The minimum absolute atomic E-state index is 0.0392. The van der Waals surface area contributed by atoms with Crippen molar-refractivity contribution in [3.63, 3.8) is 0 Å². The maximum atomic E-state index is 12.1. The quantitative estimate of drug-likeness (QED) is 0.524. The van der Waals surface area contributed by atoms with E-state index in [1.165, 1.54) is 23.9 Å². The Morgan fingerprint density at radius 3 is 2.62 bits per heavy atom. The number of para-hydroxylation sites is 2. The lowest BCUT2D eigenvalue weighted by molar-refractivity contribution is -0.385. The summed E-state index contributed by atoms with van der Waals surface area (Å²) in [6, 6.07) is 13.9. The fourth-order valence-corrected chi connectivity index (χ4v) is 3.02. The van der Waals surface area contributed by atoms with Crippen molar-refractivity contribution in [3.05, 3.63) is 74.7 Å². The molecule has 1 amide bonds. The normalized spacial score (nSPS) is 17.3. The van der Waals surface area contributed by atoms with E-state index in [-0.39, 0.29) is 11.6 Å². The summed E-state index contributed by atoms with van der Waals surface area (Å²) in [6.45, 7) is 1.94. The maximum Gasteiger partial charge on any atom is 0.276 e. The number of rotatable bonds is 3. The number of carbonyl (C=O) groups excluding carboxylic acids is 1. The average Bonchev–Trinajstić information content (AvgIpc) is 2.89. The monoisotopic (exact) mass is 339 g/mol. The minimum Gasteiger partial charge on any atom is -0.300 e. The van der Waals surface area contributed by atoms with Crippen LogP contribution in [-0.4, -0.2) is 16.0 Å². The number of hydrogen-bond acceptors (Lipinski definition) is 5. The number of aryl methyl sites for hydroxylation is 1. The molecule has 2 aromatic rings. The Balaban J connectivity index is 1.91. The van der Waals surface area contributed by atoms with Gasteiger partial charge in [0.2, 0.25) is 0 Å². The van der Waals surface area contributed by atoms with Crippen LogP contribution in [0.4, 0.5) is 11.4 Å². The Kier molecular flexibility index (Phi) is 4.43. The summed E-state index contributed by atoms with van der Waals surface area (Å²) in [6.07, 6.45) is 1.51. The van der Waals surface area contributed by atoms with E-state index in [0.29, 0.717) is 15.6 Å². The largest absolute Gasteiger partial charge is 0.300 e. The standard InChI is InChI=1S/C17H13N3O3S/c1-11-6-2-4-8-13(11)18-17-19-16(21)15(24-17)10-12-7-3-5-9-14(12)20(22)23/h2-10H,1H3,(H,18,19,21)/b15-10-. The Morgan fingerprint density at radius 2 is 1.88 bits per heavy atom. The second-order valence-electron chi connectivity index (χ2n) is 5.08. The van der Waals surface area contributed by atoms with Crippen molar-refractivity contribution in [2.24, 2.45) is 4.99 Å². The van der Waals surface area contributed by atoms with Crippen molar-refractivity contribution >= 4 is 40.3 Å². The van der Waals surface area contributed by atoms with E-state index in [9.17, 15) is 14.9 Å². The van der Waals surface area contributed by atoms with Gasteiger partial charge in [0, 0.05) is 6.07 Å². The van der Waals surface area contributed by atoms with Crippen molar-refractivity contribution in [1.82, 2.24) is 5.32 Å². The van der Waals surface area contributed by atoms with Crippen LogP contribution in [0, 0.1) is 17.0 Å². The van der Waals surface area contributed by atoms with E-state index < -0.39 is 4.92 Å². The summed E-state index contributed by atoms with van der Waals surface area (Å²) >= 11 is 1.17. The fourth-order valence-electron chi connectivity index (χ4n) is 2.20. The van der Waals surface area contributed by atoms with E-state index in [0.717, 1.165) is 11.3 Å². The lowest BCUT2D eigenvalue weighted by Gasteiger charge is -1.99. The van der Waals surface area contributed by atoms with Gasteiger partial charge in [0.05, 0.1) is 21.1 Å². The zero-order valence-electron chi connectivity index (χ0n) is 12.7. The number of nitrogens with one attached hydrogen (secondary N) is 1. The zero-order valence-corrected chi connectivity index (χ0v) is 13.5. The molecule has 1 aliphatic rings. The summed E-state index contributed by atoms with van der Waals surface area (Å²) in [5, 5.41) is 14.2. The Morgan fingerprint density at radius 1 is 1.17 bits per heavy atom. The van der Waals surface area contributed by atoms with Gasteiger partial charge in [0.25, 0.3) is 11.6 Å². The number of amidine groups is 1. The highest BCUT2D eigenvalue weighted by molar-refractivity contribution is 8.18. The second kappa shape index (κ2) is 6.67. The lowest BCUT2D eigenvalue weighted by Crippen LogP contribution is -2.19. The molecule has 0 saturated carbocycles. The molecular formula is C17H13N3O3S. The van der Waals surface area contributed by atoms with Gasteiger partial charge in [-0.25, -0.2) is 4.99 Å². The first-order valence-corrected chi connectivity index (χ1v) is 7.95. The topological polar surface area (TPSA) is 84.6 Å². The Bertz CT molecular complexity index is 890. The average molecular weight is 339 g/mol. The number of hydrogen-bond donors (Lipinski definition) is 1. The van der Waals surface area contributed by atoms with Crippen LogP contribution < -0.4 is 5.32 Å². The van der Waals surface area contributed by atoms with E-state index in [1.54, 1.807) is 18.2 Å². The van der Waals surface area contributed by atoms with Gasteiger partial charge in [-0.3, -0.25) is 14.9 Å². The van der Waals surface area contributed by atoms with E-state index in [1.807, 2.05) is 31.2 Å². The first-order valence-electron chi connectivity index (χ1n) is 7.13. The first kappa shape index (κ1) is 15.9. The van der Waals surface area contributed by atoms with Crippen LogP contribution in [0.5, 0.6) is 0 Å². The molecule has 0 aromatic heterocycles. The highest BCUT2D eigenvalue weighted by Gasteiger charge is 2.25. The number of nitro groups is 1. The van der Waals surface area contributed by atoms with Crippen LogP contribution in [0.15, 0.2) is 58.4 Å². The highest BCUT2D eigenvalue weighted by Crippen LogP contribution is 2.30. The van der Waals surface area contributed by atoms with Gasteiger partial charge < -0.3 is 5.32 Å². The van der Waals surface area contributed by atoms with Crippen LogP contribution in [0.1, 0.15) is 11.1 Å². The van der Waals surface area contributed by atoms with E-state index in [2.05, 4.69) is 10.3 Å². The number of carbonyl (C=O) groups is 1. The molecule has 1 heterocycles. The summed E-state index contributed by atoms with van der Waals surface area (Å²) < 4.78 is 0. The number of amides is 1. The molecule has 0 atom stereocenters. The molecule has 0 spiro atoms. The third-order valence-corrected chi connectivity index (χ3v) is 4.32. The van der Waals surface area contributed by atoms with Crippen molar-refractivity contribution in [2.45, 2.75) is 6.92 Å². The Labute approximate surface area is 142 Å². The highest BCUT2D eigenvalue weighted by atomic mass is 32.2. The minimum atomic E-state index is -0.466. The van der Waals surface area contributed by atoms with Crippen LogP contribution in [0.25, 0.3) is 6.08 Å². The van der Waals surface area contributed by atoms with Gasteiger partial charge in [-0.2, -0.15) is 0 Å². The first-order chi connectivity index (χ1) is 11.5. The molecule has 120 valence electrons. The van der Waals surface area contributed by atoms with Crippen molar-refractivity contribution in [3.8, 4) is 0 Å². The second-order valence-corrected chi connectivity index (χ2v) is 6.11. The molecule has 0 radical (unpaired) electrons. The molecule has 7 heteroatoms. The molecule has 1 fully saturated rings. The summed E-state index contributed by atoms with van der Waals surface area (Å²) in [7, 11) is 0. The predicted molar refractivity (Wildman–Crippen MR) is 95.1 cm³/mol. The van der Waals surface area contributed by atoms with Gasteiger partial charge in [0.1, 0.15) is 0 Å². The van der Waals surface area contributed by atoms with Crippen molar-refractivity contribution in [2.75, 3.05) is 0 Å². The molecule has 6 nitrogen and oxygen atoms in total. The third-order valence-electron chi connectivity index (χ3n) is 3.41. The molecule has 0 bridgehead atoms. The van der Waals surface area contributed by atoms with Gasteiger partial charge in [-0.1, -0.05) is 30.3 Å². The molecule has 2 aromatic carbocycles. The van der Waals surface area contributed by atoms with E-state index in [4.69, 9.17) is 0 Å². The molecule has 3 rings (SSSR count). The zero-order chi connectivity index (χ0) is 17.1. The summed E-state index contributed by atoms with van der Waals surface area (Å²) in [5.74, 6) is -0.314. The summed E-state index contributed by atoms with van der Waals surface area (Å²) in [4.78, 5) is 27.5. The molecule has 1 N–H and O–H groups in total. The fraction of sp³-hybridized carbons (Fsp3) is 0.0588. The van der Waals surface area contributed by atoms with E-state index >= 15 is 0 Å².